The van der Waals surface area contributed by atoms with Crippen molar-refractivity contribution in [2.75, 3.05) is 0 Å². The van der Waals surface area contributed by atoms with Crippen LogP contribution in [0.15, 0.2) is 35.1 Å². The van der Waals surface area contributed by atoms with Gasteiger partial charge in [-0.1, -0.05) is 16.8 Å². The first-order valence-corrected chi connectivity index (χ1v) is 6.08. The molecule has 0 aliphatic rings. The fraction of sp³-hybridized carbons (Fsp3) is 0.0769. The van der Waals surface area contributed by atoms with Crippen molar-refractivity contribution in [3.05, 3.63) is 41.2 Å². The number of aryl methyl sites for hydroxylation is 1. The zero-order valence-electron chi connectivity index (χ0n) is 10.4. The van der Waals surface area contributed by atoms with Gasteiger partial charge >= 0.3 is 0 Å². The summed E-state index contributed by atoms with van der Waals surface area (Å²) in [4.78, 5) is 8.39. The zero-order valence-corrected chi connectivity index (χ0v) is 11.2. The number of pyridine rings is 1. The smallest absolute Gasteiger partial charge is 0.274 e. The number of hydrogen-bond donors (Lipinski definition) is 0. The number of nitriles is 1. The van der Waals surface area contributed by atoms with Crippen LogP contribution in [0.1, 0.15) is 5.56 Å². The molecule has 3 aromatic heterocycles. The molecule has 3 rings (SSSR count). The van der Waals surface area contributed by atoms with Gasteiger partial charge in [-0.3, -0.25) is 4.98 Å². The molecule has 0 radical (unpaired) electrons. The highest BCUT2D eigenvalue weighted by atomic mass is 35.5. The van der Waals surface area contributed by atoms with Crippen LogP contribution in [0.5, 0.6) is 0 Å². The van der Waals surface area contributed by atoms with Crippen molar-refractivity contribution in [2.45, 2.75) is 0 Å². The van der Waals surface area contributed by atoms with Gasteiger partial charge in [0.1, 0.15) is 17.5 Å². The average Bonchev–Trinajstić information content (AvgIpc) is 3.05. The first kappa shape index (κ1) is 12.4. The van der Waals surface area contributed by atoms with Gasteiger partial charge in [-0.15, -0.1) is 0 Å². The maximum Gasteiger partial charge on any atom is 0.274 e. The Hall–Kier alpha value is -2.65. The van der Waals surface area contributed by atoms with Crippen molar-refractivity contribution in [1.29, 1.82) is 5.26 Å². The van der Waals surface area contributed by atoms with E-state index in [4.69, 9.17) is 21.4 Å². The molecule has 20 heavy (non-hydrogen) atoms. The van der Waals surface area contributed by atoms with Gasteiger partial charge in [0.25, 0.3) is 5.89 Å². The summed E-state index contributed by atoms with van der Waals surface area (Å²) < 4.78 is 6.95. The number of aromatic nitrogens is 4. The standard InChI is InChI=1S/C13H8ClN5O/c1-19-7-8(6-15)5-10(19)13-17-12(18-20-13)11-9(14)3-2-4-16-11/h2-5,7H,1H3. The van der Waals surface area contributed by atoms with Crippen LogP contribution in [0.3, 0.4) is 0 Å². The van der Waals surface area contributed by atoms with Crippen LogP contribution in [-0.2, 0) is 7.05 Å². The van der Waals surface area contributed by atoms with Gasteiger partial charge in [-0.25, -0.2) is 0 Å². The Morgan fingerprint density at radius 3 is 3.00 bits per heavy atom. The number of nitrogens with zero attached hydrogens (tertiary/aromatic N) is 5. The molecule has 0 spiro atoms. The van der Waals surface area contributed by atoms with Gasteiger partial charge in [0.15, 0.2) is 0 Å². The number of halogens is 1. The summed E-state index contributed by atoms with van der Waals surface area (Å²) in [6.45, 7) is 0. The van der Waals surface area contributed by atoms with E-state index in [1.54, 1.807) is 42.2 Å². The lowest BCUT2D eigenvalue weighted by Gasteiger charge is -1.96. The second-order valence-corrected chi connectivity index (χ2v) is 4.50. The van der Waals surface area contributed by atoms with Crippen molar-refractivity contribution in [1.82, 2.24) is 19.7 Å². The predicted octanol–water partition coefficient (Wildman–Crippen LogP) is 2.66. The van der Waals surface area contributed by atoms with Crippen LogP contribution in [-0.4, -0.2) is 19.7 Å². The topological polar surface area (TPSA) is 80.5 Å². The maximum atomic E-state index is 8.88. The first-order chi connectivity index (χ1) is 9.69. The van der Waals surface area contributed by atoms with Crippen LogP contribution < -0.4 is 0 Å². The first-order valence-electron chi connectivity index (χ1n) is 5.70. The summed E-state index contributed by atoms with van der Waals surface area (Å²) in [5.41, 5.74) is 1.64. The molecule has 0 aliphatic carbocycles. The molecule has 3 heterocycles. The van der Waals surface area contributed by atoms with Crippen LogP contribution in [0.4, 0.5) is 0 Å². The van der Waals surface area contributed by atoms with Crippen molar-refractivity contribution in [2.24, 2.45) is 7.05 Å². The average molecular weight is 286 g/mol. The fourth-order valence-corrected chi connectivity index (χ4v) is 2.02. The van der Waals surface area contributed by atoms with Crippen LogP contribution in [0.25, 0.3) is 23.1 Å². The predicted molar refractivity (Wildman–Crippen MR) is 71.7 cm³/mol. The van der Waals surface area contributed by atoms with E-state index in [0.29, 0.717) is 33.7 Å². The molecule has 0 unspecified atom stereocenters. The Balaban J connectivity index is 2.05. The van der Waals surface area contributed by atoms with Crippen molar-refractivity contribution in [3.63, 3.8) is 0 Å². The summed E-state index contributed by atoms with van der Waals surface area (Å²) in [7, 11) is 1.80. The van der Waals surface area contributed by atoms with Gasteiger partial charge in [0, 0.05) is 19.4 Å². The van der Waals surface area contributed by atoms with E-state index in [-0.39, 0.29) is 0 Å². The Kier molecular flexibility index (Phi) is 2.97. The third kappa shape index (κ3) is 2.04. The summed E-state index contributed by atoms with van der Waals surface area (Å²) >= 11 is 6.04. The molecule has 7 heteroatoms. The third-order valence-electron chi connectivity index (χ3n) is 2.75. The van der Waals surface area contributed by atoms with Gasteiger partial charge in [-0.05, 0) is 18.2 Å². The molecule has 0 fully saturated rings. The van der Waals surface area contributed by atoms with E-state index in [1.807, 2.05) is 0 Å². The van der Waals surface area contributed by atoms with Gasteiger partial charge in [0.2, 0.25) is 5.82 Å². The van der Waals surface area contributed by atoms with Crippen LogP contribution in [0.2, 0.25) is 5.02 Å². The molecule has 0 aromatic carbocycles. The molecule has 0 bridgehead atoms. The summed E-state index contributed by atoms with van der Waals surface area (Å²) in [5, 5.41) is 13.2. The Morgan fingerprint density at radius 2 is 2.30 bits per heavy atom. The van der Waals surface area contributed by atoms with E-state index in [1.165, 1.54) is 0 Å². The molecule has 0 saturated heterocycles. The van der Waals surface area contributed by atoms with E-state index in [9.17, 15) is 0 Å². The molecule has 0 atom stereocenters. The van der Waals surface area contributed by atoms with Gasteiger partial charge in [-0.2, -0.15) is 10.2 Å². The minimum Gasteiger partial charge on any atom is -0.345 e. The highest BCUT2D eigenvalue weighted by Crippen LogP contribution is 2.26. The lowest BCUT2D eigenvalue weighted by atomic mass is 10.3. The van der Waals surface area contributed by atoms with Crippen molar-refractivity contribution < 1.29 is 4.52 Å². The number of hydrogen-bond acceptors (Lipinski definition) is 5. The number of rotatable bonds is 2. The molecule has 0 amide bonds. The zero-order chi connectivity index (χ0) is 14.1. The molecule has 98 valence electrons. The van der Waals surface area contributed by atoms with Crippen molar-refractivity contribution >= 4 is 11.6 Å². The normalized spacial score (nSPS) is 10.4. The Bertz CT molecular complexity index is 814. The Morgan fingerprint density at radius 1 is 1.45 bits per heavy atom. The fourth-order valence-electron chi connectivity index (χ4n) is 1.81. The SMILES string of the molecule is Cn1cc(C#N)cc1-c1nc(-c2ncccc2Cl)no1. The van der Waals surface area contributed by atoms with E-state index in [2.05, 4.69) is 21.2 Å². The lowest BCUT2D eigenvalue weighted by Crippen LogP contribution is -1.90. The summed E-state index contributed by atoms with van der Waals surface area (Å²) in [5.74, 6) is 0.621. The molecule has 6 nitrogen and oxygen atoms in total. The quantitative estimate of drug-likeness (QED) is 0.723. The molecular formula is C13H8ClN5O. The lowest BCUT2D eigenvalue weighted by molar-refractivity contribution is 0.429. The third-order valence-corrected chi connectivity index (χ3v) is 3.05. The molecule has 0 saturated carbocycles. The molecular weight excluding hydrogens is 278 g/mol. The maximum absolute atomic E-state index is 8.88. The largest absolute Gasteiger partial charge is 0.345 e. The van der Waals surface area contributed by atoms with Crippen molar-refractivity contribution in [3.8, 4) is 29.2 Å². The highest BCUT2D eigenvalue weighted by Gasteiger charge is 2.16. The molecule has 0 aliphatic heterocycles. The minimum atomic E-state index is 0.310. The Labute approximate surface area is 119 Å². The summed E-state index contributed by atoms with van der Waals surface area (Å²) in [6.07, 6.45) is 3.29. The minimum absolute atomic E-state index is 0.310. The van der Waals surface area contributed by atoms with E-state index >= 15 is 0 Å². The van der Waals surface area contributed by atoms with Crippen LogP contribution in [0, 0.1) is 11.3 Å². The second kappa shape index (κ2) is 4.79. The second-order valence-electron chi connectivity index (χ2n) is 4.09. The molecule has 3 aromatic rings. The monoisotopic (exact) mass is 285 g/mol. The van der Waals surface area contributed by atoms with Crippen LogP contribution >= 0.6 is 11.6 Å². The van der Waals surface area contributed by atoms with E-state index < -0.39 is 0 Å². The molecule has 0 N–H and O–H groups in total. The van der Waals surface area contributed by atoms with Gasteiger partial charge in [0.05, 0.1) is 10.6 Å². The highest BCUT2D eigenvalue weighted by molar-refractivity contribution is 6.32. The summed E-state index contributed by atoms with van der Waals surface area (Å²) in [6, 6.07) is 7.17. The van der Waals surface area contributed by atoms with E-state index in [0.717, 1.165) is 0 Å². The van der Waals surface area contributed by atoms with Gasteiger partial charge < -0.3 is 9.09 Å².